The highest BCUT2D eigenvalue weighted by Crippen LogP contribution is 2.23. The van der Waals surface area contributed by atoms with Crippen molar-refractivity contribution >= 4 is 22.5 Å². The number of H-pyrrole nitrogens is 1. The van der Waals surface area contributed by atoms with Crippen LogP contribution >= 0.6 is 0 Å². The molecule has 1 N–H and O–H groups in total. The second-order valence-corrected chi connectivity index (χ2v) is 6.71. The lowest BCUT2D eigenvalue weighted by atomic mass is 10.1. The van der Waals surface area contributed by atoms with Crippen LogP contribution < -0.4 is 4.90 Å². The number of piperazine rings is 1. The number of rotatable bonds is 2. The van der Waals surface area contributed by atoms with E-state index in [9.17, 15) is 4.79 Å². The van der Waals surface area contributed by atoms with Crippen LogP contribution in [0.15, 0.2) is 42.7 Å². The highest BCUT2D eigenvalue weighted by Gasteiger charge is 2.23. The molecule has 1 aromatic carbocycles. The molecule has 3 aromatic rings. The third-order valence-electron chi connectivity index (χ3n) is 4.91. The molecule has 1 aliphatic heterocycles. The maximum atomic E-state index is 12.9. The maximum absolute atomic E-state index is 12.9. The number of aromatic amines is 1. The van der Waals surface area contributed by atoms with Gasteiger partial charge in [0.25, 0.3) is 5.91 Å². The summed E-state index contributed by atoms with van der Waals surface area (Å²) in [7, 11) is 0. The summed E-state index contributed by atoms with van der Waals surface area (Å²) in [6.45, 7) is 7.31. The van der Waals surface area contributed by atoms with Gasteiger partial charge in [0.05, 0.1) is 0 Å². The molecule has 1 aliphatic rings. The molecular weight excluding hydrogens is 312 g/mol. The zero-order valence-corrected chi connectivity index (χ0v) is 14.6. The van der Waals surface area contributed by atoms with E-state index in [1.54, 1.807) is 0 Å². The number of amides is 1. The normalized spacial score (nSPS) is 15.0. The molecule has 0 unspecified atom stereocenters. The first-order valence-electron chi connectivity index (χ1n) is 8.66. The fourth-order valence-electron chi connectivity index (χ4n) is 3.61. The first-order valence-corrected chi connectivity index (χ1v) is 8.66. The predicted molar refractivity (Wildman–Crippen MR) is 100 cm³/mol. The highest BCUT2D eigenvalue weighted by molar-refractivity contribution is 5.99. The number of anilines is 1. The number of nitrogens with zero attached hydrogens (tertiary/aromatic N) is 3. The molecule has 3 heterocycles. The Balaban J connectivity index is 1.50. The summed E-state index contributed by atoms with van der Waals surface area (Å²) in [6, 6.07) is 10.3. The molecule has 128 valence electrons. The number of fused-ring (bicyclic) bond motifs is 1. The first kappa shape index (κ1) is 15.7. The Morgan fingerprint density at radius 3 is 2.48 bits per heavy atom. The predicted octanol–water partition coefficient (Wildman–Crippen LogP) is 3.14. The number of nitrogens with one attached hydrogen (secondary N) is 1. The Labute approximate surface area is 147 Å². The van der Waals surface area contributed by atoms with Gasteiger partial charge in [0, 0.05) is 55.2 Å². The Morgan fingerprint density at radius 1 is 1.04 bits per heavy atom. The molecule has 1 fully saturated rings. The molecule has 0 atom stereocenters. The molecule has 0 saturated carbocycles. The van der Waals surface area contributed by atoms with Gasteiger partial charge in [0.2, 0.25) is 0 Å². The van der Waals surface area contributed by atoms with E-state index in [0.717, 1.165) is 37.1 Å². The van der Waals surface area contributed by atoms with Crippen molar-refractivity contribution in [2.24, 2.45) is 0 Å². The summed E-state index contributed by atoms with van der Waals surface area (Å²) < 4.78 is 0. The first-order chi connectivity index (χ1) is 12.1. The minimum atomic E-state index is 0.0858. The van der Waals surface area contributed by atoms with Crippen molar-refractivity contribution < 1.29 is 4.79 Å². The lowest BCUT2D eigenvalue weighted by Crippen LogP contribution is -2.48. The van der Waals surface area contributed by atoms with Gasteiger partial charge < -0.3 is 14.8 Å². The minimum absolute atomic E-state index is 0.0858. The SMILES string of the molecule is Cc1cc(C)c2cc(C(=O)N3CCN(c4ccncc4)CC3)[nH]c2c1. The number of hydrogen-bond acceptors (Lipinski definition) is 3. The zero-order valence-electron chi connectivity index (χ0n) is 14.6. The molecule has 2 aromatic heterocycles. The van der Waals surface area contributed by atoms with E-state index in [1.807, 2.05) is 35.5 Å². The van der Waals surface area contributed by atoms with Gasteiger partial charge in [0.1, 0.15) is 5.69 Å². The Morgan fingerprint density at radius 2 is 1.76 bits per heavy atom. The summed E-state index contributed by atoms with van der Waals surface area (Å²) in [5, 5.41) is 1.13. The van der Waals surface area contributed by atoms with Crippen molar-refractivity contribution in [3.05, 3.63) is 59.5 Å². The van der Waals surface area contributed by atoms with Crippen molar-refractivity contribution in [2.75, 3.05) is 31.1 Å². The lowest BCUT2D eigenvalue weighted by Gasteiger charge is -2.35. The van der Waals surface area contributed by atoms with E-state index in [1.165, 1.54) is 16.8 Å². The third-order valence-corrected chi connectivity index (χ3v) is 4.91. The van der Waals surface area contributed by atoms with E-state index in [4.69, 9.17) is 0 Å². The average molecular weight is 334 g/mol. The summed E-state index contributed by atoms with van der Waals surface area (Å²) >= 11 is 0. The lowest BCUT2D eigenvalue weighted by molar-refractivity contribution is 0.0742. The van der Waals surface area contributed by atoms with Gasteiger partial charge in [-0.2, -0.15) is 0 Å². The average Bonchev–Trinajstić information content (AvgIpc) is 3.06. The zero-order chi connectivity index (χ0) is 17.4. The van der Waals surface area contributed by atoms with Crippen LogP contribution in [0, 0.1) is 13.8 Å². The Kier molecular flexibility index (Phi) is 3.92. The van der Waals surface area contributed by atoms with E-state index < -0.39 is 0 Å². The second kappa shape index (κ2) is 6.24. The third kappa shape index (κ3) is 2.97. The molecule has 5 nitrogen and oxygen atoms in total. The maximum Gasteiger partial charge on any atom is 0.270 e. The summed E-state index contributed by atoms with van der Waals surface area (Å²) in [4.78, 5) is 24.5. The molecule has 0 aliphatic carbocycles. The number of carbonyl (C=O) groups excluding carboxylic acids is 1. The van der Waals surface area contributed by atoms with Gasteiger partial charge in [-0.15, -0.1) is 0 Å². The number of benzene rings is 1. The second-order valence-electron chi connectivity index (χ2n) is 6.71. The van der Waals surface area contributed by atoms with Crippen LogP contribution in [0.3, 0.4) is 0 Å². The van der Waals surface area contributed by atoms with E-state index >= 15 is 0 Å². The molecule has 1 amide bonds. The van der Waals surface area contributed by atoms with E-state index in [0.29, 0.717) is 5.69 Å². The smallest absolute Gasteiger partial charge is 0.270 e. The van der Waals surface area contributed by atoms with Gasteiger partial charge >= 0.3 is 0 Å². The molecule has 25 heavy (non-hydrogen) atoms. The molecule has 1 saturated heterocycles. The number of aromatic nitrogens is 2. The number of carbonyl (C=O) groups is 1. The van der Waals surface area contributed by atoms with Crippen LogP contribution in [0.2, 0.25) is 0 Å². The van der Waals surface area contributed by atoms with Crippen molar-refractivity contribution in [1.82, 2.24) is 14.9 Å². The van der Waals surface area contributed by atoms with Gasteiger partial charge in [-0.1, -0.05) is 6.07 Å². The van der Waals surface area contributed by atoms with Crippen LogP contribution in [0.4, 0.5) is 5.69 Å². The van der Waals surface area contributed by atoms with Crippen molar-refractivity contribution in [1.29, 1.82) is 0 Å². The van der Waals surface area contributed by atoms with Crippen molar-refractivity contribution in [3.63, 3.8) is 0 Å². The van der Waals surface area contributed by atoms with Crippen LogP contribution in [-0.2, 0) is 0 Å². The molecule has 5 heteroatoms. The fourth-order valence-corrected chi connectivity index (χ4v) is 3.61. The van der Waals surface area contributed by atoms with Crippen LogP contribution in [0.25, 0.3) is 10.9 Å². The topological polar surface area (TPSA) is 52.2 Å². The summed E-state index contributed by atoms with van der Waals surface area (Å²) in [5.41, 5.74) is 5.29. The fraction of sp³-hybridized carbons (Fsp3) is 0.300. The van der Waals surface area contributed by atoms with Crippen LogP contribution in [0.1, 0.15) is 21.6 Å². The highest BCUT2D eigenvalue weighted by atomic mass is 16.2. The van der Waals surface area contributed by atoms with Crippen LogP contribution in [0.5, 0.6) is 0 Å². The molecular formula is C20H22N4O. The standard InChI is InChI=1S/C20H22N4O/c1-14-11-15(2)17-13-19(22-18(17)12-14)20(25)24-9-7-23(8-10-24)16-3-5-21-6-4-16/h3-6,11-13,22H,7-10H2,1-2H3. The van der Waals surface area contributed by atoms with Gasteiger partial charge in [0.15, 0.2) is 0 Å². The Hall–Kier alpha value is -2.82. The number of hydrogen-bond donors (Lipinski definition) is 1. The Bertz CT molecular complexity index is 908. The van der Waals surface area contributed by atoms with Crippen molar-refractivity contribution in [3.8, 4) is 0 Å². The van der Waals surface area contributed by atoms with Crippen molar-refractivity contribution in [2.45, 2.75) is 13.8 Å². The van der Waals surface area contributed by atoms with E-state index in [2.05, 4.69) is 40.8 Å². The summed E-state index contributed by atoms with van der Waals surface area (Å²) in [5.74, 6) is 0.0858. The van der Waals surface area contributed by atoms with Crippen LogP contribution in [-0.4, -0.2) is 47.0 Å². The molecule has 0 spiro atoms. The van der Waals surface area contributed by atoms with E-state index in [-0.39, 0.29) is 5.91 Å². The number of pyridine rings is 1. The monoisotopic (exact) mass is 334 g/mol. The molecule has 0 bridgehead atoms. The molecule has 0 radical (unpaired) electrons. The van der Waals surface area contributed by atoms with Gasteiger partial charge in [-0.05, 0) is 49.2 Å². The van der Waals surface area contributed by atoms with Gasteiger partial charge in [-0.3, -0.25) is 9.78 Å². The summed E-state index contributed by atoms with van der Waals surface area (Å²) in [6.07, 6.45) is 3.61. The molecule has 4 rings (SSSR count). The number of aryl methyl sites for hydroxylation is 2. The quantitative estimate of drug-likeness (QED) is 0.783. The minimum Gasteiger partial charge on any atom is -0.368 e. The largest absolute Gasteiger partial charge is 0.368 e. The van der Waals surface area contributed by atoms with Gasteiger partial charge in [-0.25, -0.2) is 0 Å².